The quantitative estimate of drug-likeness (QED) is 0.115. The molecule has 0 saturated heterocycles. The Kier molecular flexibility index (Phi) is 13.2. The molecule has 0 radical (unpaired) electrons. The number of carbonyl (C=O) groups is 4. The number of rotatable bonds is 13. The number of hydrogen-bond acceptors (Lipinski definition) is 8. The van der Waals surface area contributed by atoms with Crippen LogP contribution in [-0.2, 0) is 38.7 Å². The van der Waals surface area contributed by atoms with Crippen LogP contribution in [0, 0.1) is 0 Å². The lowest BCUT2D eigenvalue weighted by Gasteiger charge is -2.18. The van der Waals surface area contributed by atoms with E-state index in [0.717, 1.165) is 16.7 Å². The lowest BCUT2D eigenvalue weighted by molar-refractivity contribution is -0.128. The average Bonchev–Trinajstić information content (AvgIpc) is 3.02. The summed E-state index contributed by atoms with van der Waals surface area (Å²) in [5.74, 6) is -1.39. The van der Waals surface area contributed by atoms with Crippen LogP contribution >= 0.6 is 0 Å². The van der Waals surface area contributed by atoms with E-state index < -0.39 is 36.1 Å². The van der Waals surface area contributed by atoms with E-state index in [-0.39, 0.29) is 38.6 Å². The average molecular weight is 589 g/mol. The van der Waals surface area contributed by atoms with Crippen molar-refractivity contribution in [2.75, 3.05) is 6.54 Å². The standard InChI is InChI=1S/C31H36N6O6/c32-25(28(39)35-26(27(33)38)19-22-11-4-1-5-12-22)17-10-18-34-29(36-30(40)42-20-23-13-6-2-7-14-23)37-31(41)43-21-24-15-8-3-9-16-24/h1-9,11-16,25-26H,10,17-21,32H2,(H2,33,38)(H,35,39)(H2,34,36,37,40,41)/t25-,26-/m0/s1. The highest BCUT2D eigenvalue weighted by Crippen LogP contribution is 2.05. The van der Waals surface area contributed by atoms with Gasteiger partial charge in [0.15, 0.2) is 0 Å². The summed E-state index contributed by atoms with van der Waals surface area (Å²) in [5, 5.41) is 7.41. The van der Waals surface area contributed by atoms with Gasteiger partial charge in [-0.2, -0.15) is 0 Å². The summed E-state index contributed by atoms with van der Waals surface area (Å²) in [6.07, 6.45) is -0.910. The molecule has 0 heterocycles. The number of benzene rings is 3. The minimum Gasteiger partial charge on any atom is -0.444 e. The summed E-state index contributed by atoms with van der Waals surface area (Å²) in [5.41, 5.74) is 13.9. The first-order valence-electron chi connectivity index (χ1n) is 13.7. The van der Waals surface area contributed by atoms with Gasteiger partial charge in [0.05, 0.1) is 6.04 Å². The van der Waals surface area contributed by atoms with E-state index in [2.05, 4.69) is 20.9 Å². The number of nitrogens with one attached hydrogen (secondary N) is 3. The second-order valence-electron chi connectivity index (χ2n) is 9.51. The monoisotopic (exact) mass is 588 g/mol. The Morgan fingerprint density at radius 1 is 0.721 bits per heavy atom. The molecule has 0 aliphatic rings. The van der Waals surface area contributed by atoms with Crippen LogP contribution in [0.5, 0.6) is 0 Å². The minimum atomic E-state index is -0.941. The maximum absolute atomic E-state index is 12.6. The molecule has 226 valence electrons. The number of carbonyl (C=O) groups excluding carboxylic acids is 4. The van der Waals surface area contributed by atoms with E-state index in [1.807, 2.05) is 66.7 Å². The molecule has 0 spiro atoms. The maximum Gasteiger partial charge on any atom is 0.414 e. The van der Waals surface area contributed by atoms with E-state index in [0.29, 0.717) is 6.42 Å². The number of aliphatic imine (C=N–C) groups is 1. The Hall–Kier alpha value is -5.23. The molecular weight excluding hydrogens is 552 g/mol. The Morgan fingerprint density at radius 3 is 1.65 bits per heavy atom. The van der Waals surface area contributed by atoms with Crippen LogP contribution in [0.4, 0.5) is 9.59 Å². The Bertz CT molecular complexity index is 1300. The summed E-state index contributed by atoms with van der Waals surface area (Å²) in [6, 6.07) is 25.4. The maximum atomic E-state index is 12.6. The first kappa shape index (κ1) is 32.3. The second kappa shape index (κ2) is 17.6. The largest absolute Gasteiger partial charge is 0.444 e. The SMILES string of the molecule is NC(=O)[C@H](Cc1ccccc1)NC(=O)[C@@H](N)CCCN=C(NC(=O)OCc1ccccc1)NC(=O)OCc1ccccc1. The fourth-order valence-corrected chi connectivity index (χ4v) is 3.81. The molecule has 0 saturated carbocycles. The highest BCUT2D eigenvalue weighted by molar-refractivity contribution is 6.01. The summed E-state index contributed by atoms with van der Waals surface area (Å²) >= 11 is 0. The van der Waals surface area contributed by atoms with Crippen molar-refractivity contribution in [2.24, 2.45) is 16.5 Å². The number of amides is 4. The van der Waals surface area contributed by atoms with E-state index in [4.69, 9.17) is 20.9 Å². The molecule has 0 aliphatic carbocycles. The molecule has 3 aromatic carbocycles. The van der Waals surface area contributed by atoms with Crippen molar-refractivity contribution in [3.63, 3.8) is 0 Å². The Balaban J connectivity index is 1.52. The summed E-state index contributed by atoms with van der Waals surface area (Å²) in [7, 11) is 0. The van der Waals surface area contributed by atoms with Crippen molar-refractivity contribution in [1.82, 2.24) is 16.0 Å². The van der Waals surface area contributed by atoms with Crippen LogP contribution in [0.25, 0.3) is 0 Å². The summed E-state index contributed by atoms with van der Waals surface area (Å²) < 4.78 is 10.4. The number of primary amides is 1. The van der Waals surface area contributed by atoms with Crippen molar-refractivity contribution >= 4 is 30.0 Å². The molecule has 7 N–H and O–H groups in total. The number of nitrogens with zero attached hydrogens (tertiary/aromatic N) is 1. The number of ether oxygens (including phenoxy) is 2. The van der Waals surface area contributed by atoms with Crippen LogP contribution < -0.4 is 27.4 Å². The van der Waals surface area contributed by atoms with E-state index >= 15 is 0 Å². The summed E-state index contributed by atoms with van der Waals surface area (Å²) in [4.78, 5) is 53.5. The van der Waals surface area contributed by atoms with Crippen molar-refractivity contribution in [2.45, 2.75) is 44.6 Å². The highest BCUT2D eigenvalue weighted by Gasteiger charge is 2.22. The summed E-state index contributed by atoms with van der Waals surface area (Å²) in [6.45, 7) is 0.120. The molecule has 0 unspecified atom stereocenters. The third-order valence-corrected chi connectivity index (χ3v) is 6.09. The molecular formula is C31H36N6O6. The van der Waals surface area contributed by atoms with Gasteiger partial charge in [0.1, 0.15) is 19.3 Å². The van der Waals surface area contributed by atoms with Crippen LogP contribution in [0.2, 0.25) is 0 Å². The number of alkyl carbamates (subject to hydrolysis) is 2. The minimum absolute atomic E-state index is 0.0128. The van der Waals surface area contributed by atoms with Crippen LogP contribution in [-0.4, -0.2) is 48.6 Å². The molecule has 0 aromatic heterocycles. The van der Waals surface area contributed by atoms with Crippen LogP contribution in [0.15, 0.2) is 96.0 Å². The molecule has 0 fully saturated rings. The number of guanidine groups is 1. The van der Waals surface area contributed by atoms with Crippen molar-refractivity contribution in [1.29, 1.82) is 0 Å². The van der Waals surface area contributed by atoms with Crippen molar-refractivity contribution in [3.8, 4) is 0 Å². The zero-order valence-corrected chi connectivity index (χ0v) is 23.6. The Morgan fingerprint density at radius 2 is 1.19 bits per heavy atom. The van der Waals surface area contributed by atoms with Gasteiger partial charge < -0.3 is 26.3 Å². The van der Waals surface area contributed by atoms with Crippen molar-refractivity contribution < 1.29 is 28.7 Å². The van der Waals surface area contributed by atoms with Gasteiger partial charge in [-0.3, -0.25) is 25.2 Å². The predicted molar refractivity (Wildman–Crippen MR) is 160 cm³/mol. The van der Waals surface area contributed by atoms with Gasteiger partial charge in [-0.1, -0.05) is 91.0 Å². The molecule has 4 amide bonds. The molecule has 12 heteroatoms. The van der Waals surface area contributed by atoms with E-state index in [9.17, 15) is 19.2 Å². The van der Waals surface area contributed by atoms with Gasteiger partial charge >= 0.3 is 12.2 Å². The molecule has 0 aliphatic heterocycles. The van der Waals surface area contributed by atoms with E-state index in [1.54, 1.807) is 24.3 Å². The van der Waals surface area contributed by atoms with Crippen LogP contribution in [0.1, 0.15) is 29.5 Å². The number of hydrogen-bond donors (Lipinski definition) is 5. The highest BCUT2D eigenvalue weighted by atomic mass is 16.6. The van der Waals surface area contributed by atoms with Gasteiger partial charge in [-0.15, -0.1) is 0 Å². The topological polar surface area (TPSA) is 187 Å². The third-order valence-electron chi connectivity index (χ3n) is 6.09. The van der Waals surface area contributed by atoms with E-state index in [1.165, 1.54) is 0 Å². The zero-order valence-electron chi connectivity index (χ0n) is 23.6. The first-order chi connectivity index (χ1) is 20.8. The Labute approximate surface area is 249 Å². The van der Waals surface area contributed by atoms with Gasteiger partial charge in [-0.25, -0.2) is 9.59 Å². The van der Waals surface area contributed by atoms with Gasteiger partial charge in [0, 0.05) is 13.0 Å². The molecule has 3 rings (SSSR count). The van der Waals surface area contributed by atoms with Gasteiger partial charge in [-0.05, 0) is 29.5 Å². The predicted octanol–water partition coefficient (Wildman–Crippen LogP) is 2.52. The van der Waals surface area contributed by atoms with Crippen LogP contribution in [0.3, 0.4) is 0 Å². The van der Waals surface area contributed by atoms with Gasteiger partial charge in [0.2, 0.25) is 17.8 Å². The molecule has 12 nitrogen and oxygen atoms in total. The van der Waals surface area contributed by atoms with Crippen molar-refractivity contribution in [3.05, 3.63) is 108 Å². The normalized spacial score (nSPS) is 11.7. The fraction of sp³-hybridized carbons (Fsp3) is 0.258. The lowest BCUT2D eigenvalue weighted by atomic mass is 10.0. The lowest BCUT2D eigenvalue weighted by Crippen LogP contribution is -2.51. The fourth-order valence-electron chi connectivity index (χ4n) is 3.81. The number of nitrogens with two attached hydrogens (primary N) is 2. The molecule has 3 aromatic rings. The molecule has 2 atom stereocenters. The van der Waals surface area contributed by atoms with Gasteiger partial charge in [0.25, 0.3) is 0 Å². The molecule has 0 bridgehead atoms. The third kappa shape index (κ3) is 12.4. The second-order valence-corrected chi connectivity index (χ2v) is 9.51. The smallest absolute Gasteiger partial charge is 0.414 e. The molecule has 43 heavy (non-hydrogen) atoms. The first-order valence-corrected chi connectivity index (χ1v) is 13.7. The zero-order chi connectivity index (χ0) is 30.9.